The molecule has 112 valence electrons. The molecule has 1 N–H and O–H groups in total. The van der Waals surface area contributed by atoms with Crippen molar-refractivity contribution < 1.29 is 9.59 Å². The highest BCUT2D eigenvalue weighted by Gasteiger charge is 2.28. The molecule has 0 aromatic heterocycles. The smallest absolute Gasteiger partial charge is 0.242 e. The average molecular weight is 297 g/mol. The molecule has 0 radical (unpaired) electrons. The van der Waals surface area contributed by atoms with Gasteiger partial charge in [0.25, 0.3) is 0 Å². The molecule has 3 rings (SSSR count). The van der Waals surface area contributed by atoms with Crippen LogP contribution in [0.25, 0.3) is 0 Å². The number of amides is 2. The van der Waals surface area contributed by atoms with Gasteiger partial charge in [-0.1, -0.05) is 0 Å². The Balaban J connectivity index is 1.38. The van der Waals surface area contributed by atoms with E-state index in [0.717, 1.165) is 38.4 Å². The number of carbonyl (C=O) groups is 2. The van der Waals surface area contributed by atoms with Crippen molar-refractivity contribution in [2.24, 2.45) is 5.92 Å². The van der Waals surface area contributed by atoms with Gasteiger partial charge in [-0.15, -0.1) is 11.8 Å². The summed E-state index contributed by atoms with van der Waals surface area (Å²) >= 11 is 1.59. The van der Waals surface area contributed by atoms with Gasteiger partial charge in [0.2, 0.25) is 11.8 Å². The molecular weight excluding hydrogens is 274 g/mol. The lowest BCUT2D eigenvalue weighted by atomic mass is 10.0. The zero-order chi connectivity index (χ0) is 13.9. The molecule has 1 saturated carbocycles. The number of rotatable bonds is 5. The van der Waals surface area contributed by atoms with Gasteiger partial charge in [0, 0.05) is 19.1 Å². The van der Waals surface area contributed by atoms with Crippen LogP contribution in [0.5, 0.6) is 0 Å². The predicted molar refractivity (Wildman–Crippen MR) is 79.4 cm³/mol. The van der Waals surface area contributed by atoms with Gasteiger partial charge in [-0.3, -0.25) is 9.59 Å². The molecular formula is C14H23N3O2S. The maximum Gasteiger partial charge on any atom is 0.242 e. The second kappa shape index (κ2) is 6.35. The Labute approximate surface area is 124 Å². The number of nitrogens with zero attached hydrogens (tertiary/aromatic N) is 2. The molecule has 2 amide bonds. The summed E-state index contributed by atoms with van der Waals surface area (Å²) in [6.45, 7) is 3.08. The second-order valence-electron chi connectivity index (χ2n) is 6.08. The summed E-state index contributed by atoms with van der Waals surface area (Å²) in [5.41, 5.74) is 0. The van der Waals surface area contributed by atoms with Crippen LogP contribution in [0.15, 0.2) is 0 Å². The lowest BCUT2D eigenvalue weighted by molar-refractivity contribution is -0.138. The van der Waals surface area contributed by atoms with E-state index in [9.17, 15) is 9.59 Å². The summed E-state index contributed by atoms with van der Waals surface area (Å²) in [6.07, 6.45) is 4.85. The zero-order valence-corrected chi connectivity index (χ0v) is 12.7. The van der Waals surface area contributed by atoms with Crippen molar-refractivity contribution in [2.45, 2.75) is 31.7 Å². The average Bonchev–Trinajstić information content (AvgIpc) is 3.21. The summed E-state index contributed by atoms with van der Waals surface area (Å²) in [7, 11) is 0. The first-order valence-corrected chi connectivity index (χ1v) is 8.74. The Hall–Kier alpha value is -0.750. The van der Waals surface area contributed by atoms with Crippen LogP contribution in [0.2, 0.25) is 0 Å². The Morgan fingerprint density at radius 1 is 1.25 bits per heavy atom. The summed E-state index contributed by atoms with van der Waals surface area (Å²) < 4.78 is 0. The Morgan fingerprint density at radius 3 is 2.60 bits per heavy atom. The zero-order valence-electron chi connectivity index (χ0n) is 11.8. The minimum Gasteiger partial charge on any atom is -0.341 e. The minimum atomic E-state index is 0.101. The molecule has 5 nitrogen and oxygen atoms in total. The Morgan fingerprint density at radius 2 is 2.00 bits per heavy atom. The lowest BCUT2D eigenvalue weighted by Gasteiger charge is -2.33. The van der Waals surface area contributed by atoms with Crippen LogP contribution in [0.1, 0.15) is 25.7 Å². The largest absolute Gasteiger partial charge is 0.341 e. The van der Waals surface area contributed by atoms with E-state index in [2.05, 4.69) is 5.32 Å². The second-order valence-corrected chi connectivity index (χ2v) is 7.03. The van der Waals surface area contributed by atoms with E-state index < -0.39 is 0 Å². The molecule has 0 bridgehead atoms. The molecule has 0 spiro atoms. The van der Waals surface area contributed by atoms with Gasteiger partial charge >= 0.3 is 0 Å². The highest BCUT2D eigenvalue weighted by atomic mass is 32.2. The van der Waals surface area contributed by atoms with Crippen LogP contribution in [0.3, 0.4) is 0 Å². The van der Waals surface area contributed by atoms with Gasteiger partial charge in [-0.05, 0) is 38.1 Å². The van der Waals surface area contributed by atoms with Crippen LogP contribution >= 0.6 is 11.8 Å². The highest BCUT2D eigenvalue weighted by molar-refractivity contribution is 8.00. The third-order valence-corrected chi connectivity index (χ3v) is 5.34. The van der Waals surface area contributed by atoms with Gasteiger partial charge in [-0.25, -0.2) is 0 Å². The summed E-state index contributed by atoms with van der Waals surface area (Å²) in [5, 5.41) is 3.62. The Kier molecular flexibility index (Phi) is 4.51. The number of hydrogen-bond donors (Lipinski definition) is 1. The molecule has 20 heavy (non-hydrogen) atoms. The third kappa shape index (κ3) is 3.67. The van der Waals surface area contributed by atoms with Gasteiger partial charge in [0.1, 0.15) is 6.54 Å². The van der Waals surface area contributed by atoms with Gasteiger partial charge in [0.15, 0.2) is 0 Å². The number of piperidine rings is 1. The minimum absolute atomic E-state index is 0.101. The van der Waals surface area contributed by atoms with Crippen LogP contribution in [0, 0.1) is 5.92 Å². The van der Waals surface area contributed by atoms with E-state index >= 15 is 0 Å². The van der Waals surface area contributed by atoms with E-state index in [0.29, 0.717) is 17.7 Å². The van der Waals surface area contributed by atoms with Crippen molar-refractivity contribution in [2.75, 3.05) is 37.8 Å². The quantitative estimate of drug-likeness (QED) is 0.803. The number of nitrogens with one attached hydrogen (secondary N) is 1. The number of carbonyl (C=O) groups excluding carboxylic acids is 2. The standard InChI is InChI=1S/C14H23N3O2S/c18-13(8-17-10-20-9-14(17)19)16-5-3-12(4-6-16)15-7-11-1-2-11/h11-12,15H,1-10H2. The molecule has 0 atom stereocenters. The fraction of sp³-hybridized carbons (Fsp3) is 0.857. The third-order valence-electron chi connectivity index (χ3n) is 4.39. The normalized spacial score (nSPS) is 24.5. The SMILES string of the molecule is O=C(CN1CSCC1=O)N1CCC(NCC2CC2)CC1. The fourth-order valence-corrected chi connectivity index (χ4v) is 3.70. The lowest BCUT2D eigenvalue weighted by Crippen LogP contribution is -2.48. The molecule has 6 heteroatoms. The van der Waals surface area contributed by atoms with Crippen molar-refractivity contribution >= 4 is 23.6 Å². The van der Waals surface area contributed by atoms with Gasteiger partial charge in [0.05, 0.1) is 11.6 Å². The fourth-order valence-electron chi connectivity index (χ4n) is 2.79. The summed E-state index contributed by atoms with van der Waals surface area (Å²) in [5.74, 6) is 2.32. The molecule has 0 aromatic carbocycles. The number of thioether (sulfide) groups is 1. The molecule has 2 aliphatic heterocycles. The van der Waals surface area contributed by atoms with Crippen molar-refractivity contribution in [1.29, 1.82) is 0 Å². The Bertz CT molecular complexity index is 379. The van der Waals surface area contributed by atoms with E-state index in [1.807, 2.05) is 4.90 Å². The topological polar surface area (TPSA) is 52.7 Å². The highest BCUT2D eigenvalue weighted by Crippen LogP contribution is 2.28. The monoisotopic (exact) mass is 297 g/mol. The summed E-state index contributed by atoms with van der Waals surface area (Å²) in [6, 6.07) is 0.573. The molecule has 0 aromatic rings. The molecule has 2 saturated heterocycles. The van der Waals surface area contributed by atoms with Crippen LogP contribution in [-0.4, -0.2) is 65.5 Å². The van der Waals surface area contributed by atoms with Crippen LogP contribution in [-0.2, 0) is 9.59 Å². The molecule has 2 heterocycles. The van der Waals surface area contributed by atoms with Crippen LogP contribution < -0.4 is 5.32 Å². The molecule has 1 aliphatic carbocycles. The maximum absolute atomic E-state index is 12.2. The van der Waals surface area contributed by atoms with Crippen molar-refractivity contribution in [1.82, 2.24) is 15.1 Å². The van der Waals surface area contributed by atoms with E-state index in [1.165, 1.54) is 12.8 Å². The van der Waals surface area contributed by atoms with Crippen molar-refractivity contribution in [3.63, 3.8) is 0 Å². The number of hydrogen-bond acceptors (Lipinski definition) is 4. The van der Waals surface area contributed by atoms with Gasteiger partial charge < -0.3 is 15.1 Å². The first-order chi connectivity index (χ1) is 9.72. The van der Waals surface area contributed by atoms with E-state index in [4.69, 9.17) is 0 Å². The first kappa shape index (κ1) is 14.2. The predicted octanol–water partition coefficient (Wildman–Crippen LogP) is 0.510. The van der Waals surface area contributed by atoms with Crippen LogP contribution in [0.4, 0.5) is 0 Å². The van der Waals surface area contributed by atoms with E-state index in [-0.39, 0.29) is 18.4 Å². The first-order valence-electron chi connectivity index (χ1n) is 7.59. The maximum atomic E-state index is 12.2. The van der Waals surface area contributed by atoms with E-state index in [1.54, 1.807) is 16.7 Å². The van der Waals surface area contributed by atoms with Crippen molar-refractivity contribution in [3.8, 4) is 0 Å². The summed E-state index contributed by atoms with van der Waals surface area (Å²) in [4.78, 5) is 27.3. The molecule has 3 aliphatic rings. The molecule has 3 fully saturated rings. The number of likely N-dealkylation sites (tertiary alicyclic amines) is 1. The van der Waals surface area contributed by atoms with Gasteiger partial charge in [-0.2, -0.15) is 0 Å². The van der Waals surface area contributed by atoms with Crippen molar-refractivity contribution in [3.05, 3.63) is 0 Å². The molecule has 0 unspecified atom stereocenters.